The zero-order chi connectivity index (χ0) is 22.4. The Hall–Kier alpha value is -2.55. The van der Waals surface area contributed by atoms with Crippen LogP contribution in [0.3, 0.4) is 0 Å². The van der Waals surface area contributed by atoms with Crippen LogP contribution in [-0.2, 0) is 9.09 Å². The van der Waals surface area contributed by atoms with Crippen molar-refractivity contribution in [3.05, 3.63) is 90.5 Å². The van der Waals surface area contributed by atoms with Gasteiger partial charge in [-0.2, -0.15) is 0 Å². The Kier molecular flexibility index (Phi) is 7.34. The van der Waals surface area contributed by atoms with E-state index >= 15 is 0 Å². The fraction of sp³-hybridized carbons (Fsp3) is 0.333. The zero-order valence-corrected chi connectivity index (χ0v) is 19.9. The molecule has 0 aromatic heterocycles. The fourth-order valence-corrected chi connectivity index (χ4v) is 6.96. The second-order valence-electron chi connectivity index (χ2n) is 8.70. The van der Waals surface area contributed by atoms with E-state index in [0.29, 0.717) is 0 Å². The number of nitrogens with zero attached hydrogens (tertiary/aromatic N) is 1. The second-order valence-corrected chi connectivity index (χ2v) is 11.1. The first-order valence-corrected chi connectivity index (χ1v) is 13.2. The number of para-hydroxylation sites is 1. The van der Waals surface area contributed by atoms with E-state index in [2.05, 4.69) is 5.32 Å². The molecule has 4 rings (SSSR count). The van der Waals surface area contributed by atoms with E-state index in [0.717, 1.165) is 47.9 Å². The maximum absolute atomic E-state index is 15.0. The molecular weight excluding hydrogens is 415 g/mol. The largest absolute Gasteiger partial charge is 0.378 e. The van der Waals surface area contributed by atoms with Gasteiger partial charge in [0.2, 0.25) is 0 Å². The van der Waals surface area contributed by atoms with Gasteiger partial charge < -0.3 is 14.7 Å². The molecule has 168 valence electrons. The van der Waals surface area contributed by atoms with Gasteiger partial charge in [-0.05, 0) is 54.8 Å². The Morgan fingerprint density at radius 2 is 1.44 bits per heavy atom. The number of hydrogen-bond donors (Lipinski definition) is 1. The molecule has 0 radical (unpaired) electrons. The van der Waals surface area contributed by atoms with Gasteiger partial charge in [0.15, 0.2) is 0 Å². The van der Waals surface area contributed by atoms with Crippen molar-refractivity contribution in [1.29, 1.82) is 0 Å². The van der Waals surface area contributed by atoms with Crippen LogP contribution in [0.1, 0.15) is 43.5 Å². The molecule has 0 heterocycles. The standard InChI is InChI=1S/C27H33N2O2P/c1-29(2)24-18-20-26(21-19-24)32(30,31-25-16-10-5-11-17-25)27(22-12-6-3-7-13-22)28-23-14-8-4-9-15-23/h3-4,6-9,12-15,18-21,25,27-28H,5,10-11,16-17H2,1-2H3/t27-,32+/m0/s1. The lowest BCUT2D eigenvalue weighted by Gasteiger charge is -2.34. The number of rotatable bonds is 8. The predicted molar refractivity (Wildman–Crippen MR) is 135 cm³/mol. The number of nitrogens with one attached hydrogen (secondary N) is 1. The molecule has 3 aromatic carbocycles. The third-order valence-electron chi connectivity index (χ3n) is 6.12. The first-order valence-electron chi connectivity index (χ1n) is 11.5. The second kappa shape index (κ2) is 10.4. The molecule has 1 N–H and O–H groups in total. The summed E-state index contributed by atoms with van der Waals surface area (Å²) in [6.45, 7) is 0. The van der Waals surface area contributed by atoms with E-state index in [-0.39, 0.29) is 6.10 Å². The average Bonchev–Trinajstić information content (AvgIpc) is 2.84. The highest BCUT2D eigenvalue weighted by Crippen LogP contribution is 2.60. The quantitative estimate of drug-likeness (QED) is 0.384. The molecule has 32 heavy (non-hydrogen) atoms. The van der Waals surface area contributed by atoms with Gasteiger partial charge in [-0.25, -0.2) is 0 Å². The van der Waals surface area contributed by atoms with Crippen molar-refractivity contribution < 1.29 is 9.09 Å². The van der Waals surface area contributed by atoms with Crippen LogP contribution in [0, 0.1) is 0 Å². The number of hydrogen-bond acceptors (Lipinski definition) is 4. The van der Waals surface area contributed by atoms with Gasteiger partial charge in [0.05, 0.1) is 6.10 Å². The van der Waals surface area contributed by atoms with Gasteiger partial charge in [0.25, 0.3) is 7.37 Å². The van der Waals surface area contributed by atoms with Gasteiger partial charge in [-0.1, -0.05) is 67.8 Å². The Morgan fingerprint density at radius 3 is 2.03 bits per heavy atom. The van der Waals surface area contributed by atoms with Crippen molar-refractivity contribution >= 4 is 24.0 Å². The lowest BCUT2D eigenvalue weighted by atomic mass is 9.98. The molecule has 1 aliphatic carbocycles. The summed E-state index contributed by atoms with van der Waals surface area (Å²) in [5, 5.41) is 4.32. The van der Waals surface area contributed by atoms with Gasteiger partial charge in [0.1, 0.15) is 5.78 Å². The van der Waals surface area contributed by atoms with Gasteiger partial charge in [-0.15, -0.1) is 0 Å². The highest BCUT2D eigenvalue weighted by Gasteiger charge is 2.40. The maximum Gasteiger partial charge on any atom is 0.258 e. The summed E-state index contributed by atoms with van der Waals surface area (Å²) in [6, 6.07) is 28.0. The molecule has 1 fully saturated rings. The number of anilines is 2. The van der Waals surface area contributed by atoms with Crippen LogP contribution in [0.4, 0.5) is 11.4 Å². The topological polar surface area (TPSA) is 41.6 Å². The van der Waals surface area contributed by atoms with Crippen LogP contribution in [0.2, 0.25) is 0 Å². The smallest absolute Gasteiger partial charge is 0.258 e. The lowest BCUT2D eigenvalue weighted by Crippen LogP contribution is -2.25. The molecule has 0 bridgehead atoms. The summed E-state index contributed by atoms with van der Waals surface area (Å²) in [5.41, 5.74) is 2.97. The maximum atomic E-state index is 15.0. The highest BCUT2D eigenvalue weighted by molar-refractivity contribution is 7.67. The summed E-state index contributed by atoms with van der Waals surface area (Å²) < 4.78 is 21.6. The molecule has 1 saturated carbocycles. The van der Waals surface area contributed by atoms with Crippen molar-refractivity contribution in [2.45, 2.75) is 44.0 Å². The molecule has 0 saturated heterocycles. The predicted octanol–water partition coefficient (Wildman–Crippen LogP) is 6.82. The Morgan fingerprint density at radius 1 is 0.844 bits per heavy atom. The zero-order valence-electron chi connectivity index (χ0n) is 19.0. The van der Waals surface area contributed by atoms with Gasteiger partial charge in [-0.3, -0.25) is 4.57 Å². The highest BCUT2D eigenvalue weighted by atomic mass is 31.2. The molecular formula is C27H33N2O2P. The molecule has 3 aromatic rings. The van der Waals surface area contributed by atoms with E-state index in [9.17, 15) is 4.57 Å². The van der Waals surface area contributed by atoms with Crippen molar-refractivity contribution in [3.63, 3.8) is 0 Å². The summed E-state index contributed by atoms with van der Waals surface area (Å²) >= 11 is 0. The van der Waals surface area contributed by atoms with Crippen LogP contribution < -0.4 is 15.5 Å². The monoisotopic (exact) mass is 448 g/mol. The molecule has 0 amide bonds. The van der Waals surface area contributed by atoms with E-state index in [1.807, 2.05) is 104 Å². The first kappa shape index (κ1) is 22.6. The van der Waals surface area contributed by atoms with Crippen molar-refractivity contribution in [2.24, 2.45) is 0 Å². The summed E-state index contributed by atoms with van der Waals surface area (Å²) in [7, 11) is 0.704. The van der Waals surface area contributed by atoms with Crippen LogP contribution >= 0.6 is 7.37 Å². The Labute approximate surface area is 192 Å². The SMILES string of the molecule is CN(C)c1ccc([P@@](=O)(OC2CCCCC2)[C@H](Nc2ccccc2)c2ccccc2)cc1. The van der Waals surface area contributed by atoms with E-state index < -0.39 is 13.2 Å². The van der Waals surface area contributed by atoms with Crippen LogP contribution in [0.25, 0.3) is 0 Å². The molecule has 2 atom stereocenters. The van der Waals surface area contributed by atoms with Gasteiger partial charge in [0, 0.05) is 30.8 Å². The molecule has 5 heteroatoms. The summed E-state index contributed by atoms with van der Waals surface area (Å²) in [4.78, 5) is 2.05. The van der Waals surface area contributed by atoms with Crippen molar-refractivity contribution in [2.75, 3.05) is 24.3 Å². The average molecular weight is 449 g/mol. The third kappa shape index (κ3) is 5.26. The Bertz CT molecular complexity index is 1020. The molecule has 0 spiro atoms. The van der Waals surface area contributed by atoms with E-state index in [4.69, 9.17) is 4.52 Å². The van der Waals surface area contributed by atoms with Crippen LogP contribution in [0.5, 0.6) is 0 Å². The molecule has 4 nitrogen and oxygen atoms in total. The van der Waals surface area contributed by atoms with Crippen LogP contribution in [-0.4, -0.2) is 20.2 Å². The molecule has 0 unspecified atom stereocenters. The third-order valence-corrected chi connectivity index (χ3v) is 8.85. The minimum atomic E-state index is -3.32. The molecule has 0 aliphatic heterocycles. The fourth-order valence-electron chi connectivity index (χ4n) is 4.31. The van der Waals surface area contributed by atoms with E-state index in [1.54, 1.807) is 0 Å². The van der Waals surface area contributed by atoms with E-state index in [1.165, 1.54) is 6.42 Å². The van der Waals surface area contributed by atoms with Gasteiger partial charge >= 0.3 is 0 Å². The number of benzene rings is 3. The van der Waals surface area contributed by atoms with Crippen molar-refractivity contribution in [1.82, 2.24) is 0 Å². The minimum absolute atomic E-state index is 0.0203. The van der Waals surface area contributed by atoms with Crippen LogP contribution in [0.15, 0.2) is 84.9 Å². The van der Waals surface area contributed by atoms with Crippen molar-refractivity contribution in [3.8, 4) is 0 Å². The minimum Gasteiger partial charge on any atom is -0.378 e. The summed E-state index contributed by atoms with van der Waals surface area (Å²) in [6.07, 6.45) is 5.44. The lowest BCUT2D eigenvalue weighted by molar-refractivity contribution is 0.159. The molecule has 1 aliphatic rings. The normalized spacial score (nSPS) is 17.3. The Balaban J connectivity index is 1.79. The summed E-state index contributed by atoms with van der Waals surface area (Å²) in [5.74, 6) is -0.474. The first-order chi connectivity index (χ1) is 15.6.